The Labute approximate surface area is 100 Å². The Bertz CT molecular complexity index is 182. The molecule has 5 nitrogen and oxygen atoms in total. The van der Waals surface area contributed by atoms with Crippen LogP contribution in [0.25, 0.3) is 0 Å². The van der Waals surface area contributed by atoms with E-state index in [1.807, 2.05) is 13.8 Å². The third-order valence-corrected chi connectivity index (χ3v) is 2.65. The quantitative estimate of drug-likeness (QED) is 0.488. The van der Waals surface area contributed by atoms with Gasteiger partial charge in [0.2, 0.25) is 0 Å². The van der Waals surface area contributed by atoms with Crippen LogP contribution in [-0.4, -0.2) is 48.4 Å². The molecule has 0 aliphatic heterocycles. The maximum atomic E-state index is 10.7. The minimum atomic E-state index is -0.555. The highest BCUT2D eigenvalue weighted by Crippen LogP contribution is 2.15. The van der Waals surface area contributed by atoms with Crippen LogP contribution in [0, 0.1) is 0 Å². The summed E-state index contributed by atoms with van der Waals surface area (Å²) in [7, 11) is 0. The summed E-state index contributed by atoms with van der Waals surface area (Å²) in [4.78, 5) is 10.7. The molecule has 1 atom stereocenters. The molecule has 0 aromatic carbocycles. The largest absolute Gasteiger partial charge is 0.449 e. The molecule has 0 bridgehead atoms. The fourth-order valence-corrected chi connectivity index (χ4v) is 1.88. The third-order valence-electron chi connectivity index (χ3n) is 1.57. The Morgan fingerprint density at radius 2 is 1.88 bits per heavy atom. The summed E-state index contributed by atoms with van der Waals surface area (Å²) in [6.45, 7) is 5.98. The van der Waals surface area contributed by atoms with Crippen LogP contribution in [0.5, 0.6) is 0 Å². The van der Waals surface area contributed by atoms with Crippen molar-refractivity contribution in [3.63, 3.8) is 0 Å². The molecule has 0 saturated heterocycles. The molecule has 0 unspecified atom stereocenters. The highest BCUT2D eigenvalue weighted by atomic mass is 32.2. The van der Waals surface area contributed by atoms with Crippen LogP contribution in [-0.2, 0) is 19.0 Å². The third kappa shape index (κ3) is 7.92. The molecule has 0 aliphatic rings. The number of hydrogen-bond acceptors (Lipinski definition) is 6. The van der Waals surface area contributed by atoms with Crippen molar-refractivity contribution in [2.75, 3.05) is 25.6 Å². The van der Waals surface area contributed by atoms with Crippen LogP contribution >= 0.6 is 11.8 Å². The molecule has 0 spiro atoms. The summed E-state index contributed by atoms with van der Waals surface area (Å²) >= 11 is 1.29. The van der Waals surface area contributed by atoms with Gasteiger partial charge in [0.25, 0.3) is 0 Å². The number of carbonyl (C=O) groups is 1. The van der Waals surface area contributed by atoms with Crippen LogP contribution in [0.15, 0.2) is 0 Å². The van der Waals surface area contributed by atoms with Gasteiger partial charge in [-0.05, 0) is 13.8 Å². The lowest BCUT2D eigenvalue weighted by Gasteiger charge is -2.19. The molecule has 0 aliphatic carbocycles. The maximum Gasteiger partial charge on any atom is 0.303 e. The second-order valence-corrected chi connectivity index (χ2v) is 4.09. The van der Waals surface area contributed by atoms with Crippen molar-refractivity contribution in [3.05, 3.63) is 0 Å². The summed E-state index contributed by atoms with van der Waals surface area (Å²) < 4.78 is 15.5. The average Bonchev–Trinajstić information content (AvgIpc) is 2.24. The van der Waals surface area contributed by atoms with Gasteiger partial charge in [0.1, 0.15) is 0 Å². The van der Waals surface area contributed by atoms with Gasteiger partial charge in [-0.15, -0.1) is 11.8 Å². The molecule has 0 radical (unpaired) electrons. The summed E-state index contributed by atoms with van der Waals surface area (Å²) in [6, 6.07) is 0. The molecule has 0 saturated carbocycles. The van der Waals surface area contributed by atoms with Gasteiger partial charge in [0, 0.05) is 25.9 Å². The molecule has 6 heteroatoms. The zero-order valence-electron chi connectivity index (χ0n) is 9.97. The Morgan fingerprint density at radius 3 is 2.25 bits per heavy atom. The predicted molar refractivity (Wildman–Crippen MR) is 62.1 cm³/mol. The maximum absolute atomic E-state index is 10.7. The molecule has 16 heavy (non-hydrogen) atoms. The van der Waals surface area contributed by atoms with Crippen molar-refractivity contribution < 1.29 is 24.1 Å². The molecule has 0 aromatic rings. The summed E-state index contributed by atoms with van der Waals surface area (Å²) in [5.74, 6) is 0.108. The summed E-state index contributed by atoms with van der Waals surface area (Å²) in [6.07, 6.45) is -0.329. The Balaban J connectivity index is 3.89. The fourth-order valence-electron chi connectivity index (χ4n) is 1.01. The van der Waals surface area contributed by atoms with E-state index in [0.29, 0.717) is 19.0 Å². The van der Waals surface area contributed by atoms with Gasteiger partial charge in [-0.2, -0.15) is 0 Å². The lowest BCUT2D eigenvalue weighted by atomic mass is 10.7. The van der Waals surface area contributed by atoms with Crippen LogP contribution < -0.4 is 0 Å². The number of thioether (sulfide) groups is 1. The molecule has 0 fully saturated rings. The van der Waals surface area contributed by atoms with Crippen molar-refractivity contribution in [3.8, 4) is 0 Å². The summed E-state index contributed by atoms with van der Waals surface area (Å²) in [5.41, 5.74) is -0.555. The number of rotatable bonds is 9. The average molecular weight is 252 g/mol. The van der Waals surface area contributed by atoms with E-state index >= 15 is 0 Å². The number of hydrogen-bond donors (Lipinski definition) is 1. The van der Waals surface area contributed by atoms with Crippen molar-refractivity contribution >= 4 is 17.7 Å². The van der Waals surface area contributed by atoms with Gasteiger partial charge in [0.15, 0.2) is 11.7 Å². The smallest absolute Gasteiger partial charge is 0.303 e. The van der Waals surface area contributed by atoms with Crippen LogP contribution in [0.4, 0.5) is 0 Å². The second-order valence-electron chi connectivity index (χ2n) is 2.90. The van der Waals surface area contributed by atoms with Gasteiger partial charge in [-0.25, -0.2) is 0 Å². The first-order valence-corrected chi connectivity index (χ1v) is 6.31. The molecule has 96 valence electrons. The predicted octanol–water partition coefficient (Wildman–Crippen LogP) is 1.00. The Kier molecular flexibility index (Phi) is 9.71. The van der Waals surface area contributed by atoms with Crippen molar-refractivity contribution in [2.24, 2.45) is 0 Å². The molecule has 0 rings (SSSR count). The van der Waals surface area contributed by atoms with E-state index in [0.717, 1.165) is 0 Å². The van der Waals surface area contributed by atoms with E-state index < -0.39 is 11.4 Å². The van der Waals surface area contributed by atoms with Gasteiger partial charge >= 0.3 is 5.97 Å². The van der Waals surface area contributed by atoms with Crippen molar-refractivity contribution in [1.82, 2.24) is 0 Å². The van der Waals surface area contributed by atoms with Gasteiger partial charge in [-0.1, -0.05) is 0 Å². The first-order valence-electron chi connectivity index (χ1n) is 5.26. The first-order chi connectivity index (χ1) is 7.63. The lowest BCUT2D eigenvalue weighted by Crippen LogP contribution is -2.24. The van der Waals surface area contributed by atoms with Crippen molar-refractivity contribution in [2.45, 2.75) is 32.5 Å². The second kappa shape index (κ2) is 9.89. The Morgan fingerprint density at radius 1 is 1.31 bits per heavy atom. The number of esters is 1. The van der Waals surface area contributed by atoms with E-state index in [1.54, 1.807) is 0 Å². The van der Waals surface area contributed by atoms with Gasteiger partial charge in [-0.3, -0.25) is 4.79 Å². The number of aliphatic hydroxyl groups is 1. The zero-order chi connectivity index (χ0) is 12.4. The van der Waals surface area contributed by atoms with Gasteiger partial charge in [0.05, 0.1) is 6.61 Å². The topological polar surface area (TPSA) is 65.0 Å². The molecule has 1 N–H and O–H groups in total. The van der Waals surface area contributed by atoms with Crippen LogP contribution in [0.2, 0.25) is 0 Å². The molecule has 0 amide bonds. The normalized spacial score (nSPS) is 12.8. The van der Waals surface area contributed by atoms with E-state index in [9.17, 15) is 4.79 Å². The van der Waals surface area contributed by atoms with E-state index in [1.165, 1.54) is 18.7 Å². The number of carbonyl (C=O) groups excluding carboxylic acids is 1. The summed E-state index contributed by atoms with van der Waals surface area (Å²) in [5, 5.41) is 8.97. The molecular weight excluding hydrogens is 232 g/mol. The highest BCUT2D eigenvalue weighted by Gasteiger charge is 2.15. The van der Waals surface area contributed by atoms with E-state index in [2.05, 4.69) is 0 Å². The fraction of sp³-hybridized carbons (Fsp3) is 0.900. The van der Waals surface area contributed by atoms with Crippen LogP contribution in [0.3, 0.4) is 0 Å². The highest BCUT2D eigenvalue weighted by molar-refractivity contribution is 7.99. The minimum absolute atomic E-state index is 0.213. The van der Waals surface area contributed by atoms with Crippen LogP contribution in [0.1, 0.15) is 20.8 Å². The monoisotopic (exact) mass is 252 g/mol. The molecule has 0 heterocycles. The van der Waals surface area contributed by atoms with E-state index in [-0.39, 0.29) is 12.9 Å². The number of aliphatic hydroxyl groups excluding tert-OH is 1. The first kappa shape index (κ1) is 15.7. The van der Waals surface area contributed by atoms with Crippen molar-refractivity contribution in [1.29, 1.82) is 0 Å². The number of ether oxygens (including phenoxy) is 3. The Hall–Kier alpha value is -0.300. The zero-order valence-corrected chi connectivity index (χ0v) is 10.8. The minimum Gasteiger partial charge on any atom is -0.449 e. The molecular formula is C10H20O5S. The van der Waals surface area contributed by atoms with E-state index in [4.69, 9.17) is 19.3 Å². The SMILES string of the molecule is CCOC(CS[C@@H](CO)OC(C)=O)OCC. The molecule has 0 aromatic heterocycles. The standard InChI is InChI=1S/C10H20O5S/c1-4-13-9(14-5-2)7-16-10(6-11)15-8(3)12/h9-11H,4-7H2,1-3H3/t10-/m0/s1. The lowest BCUT2D eigenvalue weighted by molar-refractivity contribution is -0.143. The van der Waals surface area contributed by atoms with Gasteiger partial charge < -0.3 is 19.3 Å².